The number of anilines is 1. The molecule has 0 spiro atoms. The third kappa shape index (κ3) is 3.26. The van der Waals surface area contributed by atoms with E-state index in [4.69, 9.17) is 22.1 Å². The van der Waals surface area contributed by atoms with Crippen LogP contribution in [0.5, 0.6) is 5.75 Å². The maximum Gasteiger partial charge on any atom is 0.256 e. The maximum absolute atomic E-state index is 13.1. The van der Waals surface area contributed by atoms with Crippen molar-refractivity contribution in [2.75, 3.05) is 12.8 Å². The van der Waals surface area contributed by atoms with E-state index in [0.29, 0.717) is 28.1 Å². The Hall–Kier alpha value is -2.24. The molecule has 2 heterocycles. The molecule has 2 fully saturated rings. The highest BCUT2D eigenvalue weighted by atomic mass is 35.5. The zero-order chi connectivity index (χ0) is 19.0. The molecule has 0 radical (unpaired) electrons. The van der Waals surface area contributed by atoms with Crippen molar-refractivity contribution in [1.29, 1.82) is 0 Å². The molecule has 5 nitrogen and oxygen atoms in total. The third-order valence-corrected chi connectivity index (χ3v) is 6.21. The average Bonchev–Trinajstić information content (AvgIpc) is 3.17. The van der Waals surface area contributed by atoms with Crippen LogP contribution in [0.4, 0.5) is 5.69 Å². The minimum atomic E-state index is -0.309. The van der Waals surface area contributed by atoms with Gasteiger partial charge in [0.2, 0.25) is 0 Å². The smallest absolute Gasteiger partial charge is 0.256 e. The highest BCUT2D eigenvalue weighted by Gasteiger charge is 2.52. The molecule has 2 aromatic rings. The fourth-order valence-corrected chi connectivity index (χ4v) is 4.64. The van der Waals surface area contributed by atoms with E-state index in [2.05, 4.69) is 34.5 Å². The minimum Gasteiger partial charge on any atom is -0.496 e. The van der Waals surface area contributed by atoms with Gasteiger partial charge in [-0.25, -0.2) is 0 Å². The largest absolute Gasteiger partial charge is 0.496 e. The summed E-state index contributed by atoms with van der Waals surface area (Å²) in [7, 11) is 1.53. The van der Waals surface area contributed by atoms with Crippen molar-refractivity contribution in [2.45, 2.75) is 43.9 Å². The Morgan fingerprint density at radius 3 is 2.67 bits per heavy atom. The summed E-state index contributed by atoms with van der Waals surface area (Å²) >= 11 is 6.15. The summed E-state index contributed by atoms with van der Waals surface area (Å²) in [5, 5.41) is 3.66. The number of nitrogens with one attached hydrogen (secondary N) is 1. The number of benzene rings is 2. The van der Waals surface area contributed by atoms with Crippen LogP contribution in [0, 0.1) is 0 Å². The summed E-state index contributed by atoms with van der Waals surface area (Å²) in [6.45, 7) is 0.839. The van der Waals surface area contributed by atoms with E-state index in [1.54, 1.807) is 12.1 Å². The van der Waals surface area contributed by atoms with Gasteiger partial charge in [0.05, 0.1) is 29.0 Å². The second kappa shape index (κ2) is 7.06. The Labute approximate surface area is 164 Å². The fourth-order valence-electron chi connectivity index (χ4n) is 4.48. The first-order valence-electron chi connectivity index (χ1n) is 9.28. The van der Waals surface area contributed by atoms with Crippen LogP contribution in [0.3, 0.4) is 0 Å². The lowest BCUT2D eigenvalue weighted by Crippen LogP contribution is -2.54. The van der Waals surface area contributed by atoms with Crippen molar-refractivity contribution in [1.82, 2.24) is 10.2 Å². The molecule has 2 aromatic carbocycles. The first kappa shape index (κ1) is 18.1. The van der Waals surface area contributed by atoms with Crippen molar-refractivity contribution in [3.05, 3.63) is 58.6 Å². The summed E-state index contributed by atoms with van der Waals surface area (Å²) in [4.78, 5) is 15.6. The Morgan fingerprint density at radius 1 is 1.30 bits per heavy atom. The number of hydrogen-bond acceptors (Lipinski definition) is 4. The van der Waals surface area contributed by atoms with Gasteiger partial charge in [-0.2, -0.15) is 0 Å². The van der Waals surface area contributed by atoms with Crippen molar-refractivity contribution in [3.8, 4) is 5.75 Å². The lowest BCUT2D eigenvalue weighted by atomic mass is 9.94. The summed E-state index contributed by atoms with van der Waals surface area (Å²) in [6, 6.07) is 14.1. The maximum atomic E-state index is 13.1. The Kier molecular flexibility index (Phi) is 4.74. The van der Waals surface area contributed by atoms with E-state index in [0.717, 1.165) is 32.2 Å². The van der Waals surface area contributed by atoms with Crippen molar-refractivity contribution >= 4 is 23.2 Å². The van der Waals surface area contributed by atoms with Crippen LogP contribution in [0.1, 0.15) is 41.6 Å². The normalized spacial score (nSPS) is 24.1. The number of fused-ring (bicyclic) bond motifs is 2. The van der Waals surface area contributed by atoms with Gasteiger partial charge in [-0.15, -0.1) is 0 Å². The lowest BCUT2D eigenvalue weighted by molar-refractivity contribution is 0.0703. The van der Waals surface area contributed by atoms with Crippen LogP contribution in [-0.4, -0.2) is 29.6 Å². The first-order valence-corrected chi connectivity index (χ1v) is 9.66. The number of carbonyl (C=O) groups is 1. The number of nitrogens with zero attached hydrogens (tertiary/aromatic N) is 1. The van der Waals surface area contributed by atoms with Gasteiger partial charge in [0.15, 0.2) is 0 Å². The SMILES string of the molecule is COc1cc(N)c(Cl)cc1C(=O)NC12CCC(CC1)N2Cc1ccccc1. The number of nitrogens with two attached hydrogens (primary N) is 1. The van der Waals surface area contributed by atoms with Gasteiger partial charge in [-0.3, -0.25) is 9.69 Å². The van der Waals surface area contributed by atoms with E-state index >= 15 is 0 Å². The van der Waals surface area contributed by atoms with Crippen molar-refractivity contribution in [3.63, 3.8) is 0 Å². The van der Waals surface area contributed by atoms with Gasteiger partial charge in [-0.1, -0.05) is 41.9 Å². The van der Waals surface area contributed by atoms with Crippen LogP contribution < -0.4 is 15.8 Å². The molecule has 2 saturated heterocycles. The number of ether oxygens (including phenoxy) is 1. The number of carbonyl (C=O) groups excluding carboxylic acids is 1. The molecule has 2 bridgehead atoms. The number of hydrogen-bond donors (Lipinski definition) is 2. The molecule has 3 N–H and O–H groups in total. The van der Waals surface area contributed by atoms with Gasteiger partial charge >= 0.3 is 0 Å². The topological polar surface area (TPSA) is 67.6 Å². The van der Waals surface area contributed by atoms with Gasteiger partial charge in [0.25, 0.3) is 5.91 Å². The Morgan fingerprint density at radius 2 is 2.00 bits per heavy atom. The molecule has 0 aliphatic carbocycles. The van der Waals surface area contributed by atoms with E-state index in [1.165, 1.54) is 12.7 Å². The molecule has 0 saturated carbocycles. The molecular formula is C21H24ClN3O2. The zero-order valence-electron chi connectivity index (χ0n) is 15.4. The van der Waals surface area contributed by atoms with Crippen molar-refractivity contribution in [2.24, 2.45) is 0 Å². The number of rotatable bonds is 5. The summed E-state index contributed by atoms with van der Waals surface area (Å²) < 4.78 is 5.35. The third-order valence-electron chi connectivity index (χ3n) is 5.88. The minimum absolute atomic E-state index is 0.172. The van der Waals surface area contributed by atoms with Crippen LogP contribution in [0.15, 0.2) is 42.5 Å². The van der Waals surface area contributed by atoms with E-state index in [-0.39, 0.29) is 11.6 Å². The molecule has 2 aliphatic rings. The van der Waals surface area contributed by atoms with Crippen LogP contribution in [0.25, 0.3) is 0 Å². The fraction of sp³-hybridized carbons (Fsp3) is 0.381. The van der Waals surface area contributed by atoms with Crippen LogP contribution >= 0.6 is 11.6 Å². The highest BCUT2D eigenvalue weighted by Crippen LogP contribution is 2.46. The van der Waals surface area contributed by atoms with Crippen LogP contribution in [0.2, 0.25) is 5.02 Å². The van der Waals surface area contributed by atoms with Gasteiger partial charge in [-0.05, 0) is 37.3 Å². The summed E-state index contributed by atoms with van der Waals surface area (Å²) in [6.07, 6.45) is 4.13. The van der Waals surface area contributed by atoms with Crippen molar-refractivity contribution < 1.29 is 9.53 Å². The van der Waals surface area contributed by atoms with E-state index in [9.17, 15) is 4.79 Å². The average molecular weight is 386 g/mol. The second-order valence-corrected chi connectivity index (χ2v) is 7.81. The van der Waals surface area contributed by atoms with Crippen LogP contribution in [-0.2, 0) is 6.54 Å². The quantitative estimate of drug-likeness (QED) is 0.768. The molecule has 0 aromatic heterocycles. The van der Waals surface area contributed by atoms with Gasteiger partial charge in [0.1, 0.15) is 5.75 Å². The predicted octanol–water partition coefficient (Wildman–Crippen LogP) is 3.82. The standard InChI is InChI=1S/C21H24ClN3O2/c1-27-19-12-18(23)17(22)11-16(19)20(26)24-21-9-7-15(8-10-21)25(21)13-14-5-3-2-4-6-14/h2-6,11-12,15H,7-10,13,23H2,1H3,(H,24,26). The first-order chi connectivity index (χ1) is 13.0. The zero-order valence-corrected chi connectivity index (χ0v) is 16.1. The molecular weight excluding hydrogens is 362 g/mol. The number of methoxy groups -OCH3 is 1. The lowest BCUT2D eigenvalue weighted by Gasteiger charge is -2.36. The molecule has 142 valence electrons. The Balaban J connectivity index is 1.59. The molecule has 4 rings (SSSR count). The highest BCUT2D eigenvalue weighted by molar-refractivity contribution is 6.33. The molecule has 1 amide bonds. The van der Waals surface area contributed by atoms with Gasteiger partial charge < -0.3 is 15.8 Å². The Bertz CT molecular complexity index is 848. The number of halogens is 1. The van der Waals surface area contributed by atoms with E-state index < -0.39 is 0 Å². The summed E-state index contributed by atoms with van der Waals surface area (Å²) in [5.41, 5.74) is 7.61. The monoisotopic (exact) mass is 385 g/mol. The second-order valence-electron chi connectivity index (χ2n) is 7.40. The predicted molar refractivity (Wildman–Crippen MR) is 107 cm³/mol. The molecule has 6 heteroatoms. The molecule has 27 heavy (non-hydrogen) atoms. The molecule has 2 aliphatic heterocycles. The van der Waals surface area contributed by atoms with E-state index in [1.807, 2.05) is 6.07 Å². The number of amides is 1. The van der Waals surface area contributed by atoms with Gasteiger partial charge in [0, 0.05) is 18.7 Å². The number of nitrogen functional groups attached to an aromatic ring is 1. The summed E-state index contributed by atoms with van der Waals surface area (Å²) in [5.74, 6) is 0.266. The molecule has 0 unspecified atom stereocenters. The molecule has 0 atom stereocenters.